The van der Waals surface area contributed by atoms with Gasteiger partial charge in [0.1, 0.15) is 18.2 Å². The van der Waals surface area contributed by atoms with Crippen molar-refractivity contribution in [3.8, 4) is 11.4 Å². The zero-order valence-electron chi connectivity index (χ0n) is 20.9. The van der Waals surface area contributed by atoms with Crippen molar-refractivity contribution in [3.63, 3.8) is 0 Å². The third-order valence-electron chi connectivity index (χ3n) is 6.24. The average Bonchev–Trinajstić information content (AvgIpc) is 3.18. The topological polar surface area (TPSA) is 61.4 Å². The summed E-state index contributed by atoms with van der Waals surface area (Å²) in [5, 5.41) is 6.03. The van der Waals surface area contributed by atoms with E-state index in [0.29, 0.717) is 33.4 Å². The van der Waals surface area contributed by atoms with Crippen LogP contribution in [0.5, 0.6) is 5.75 Å². The first-order valence-electron chi connectivity index (χ1n) is 11.8. The van der Waals surface area contributed by atoms with E-state index in [2.05, 4.69) is 30.6 Å². The van der Waals surface area contributed by atoms with Gasteiger partial charge >= 0.3 is 0 Å². The number of hydrogen-bond acceptors (Lipinski definition) is 4. The van der Waals surface area contributed by atoms with Crippen LogP contribution in [-0.2, 0) is 6.61 Å². The smallest absolute Gasteiger partial charge is 0.282 e. The summed E-state index contributed by atoms with van der Waals surface area (Å²) in [4.78, 5) is 17.6. The van der Waals surface area contributed by atoms with E-state index < -0.39 is 0 Å². The maximum Gasteiger partial charge on any atom is 0.282 e. The Morgan fingerprint density at radius 3 is 2.47 bits per heavy atom. The van der Waals surface area contributed by atoms with E-state index in [1.165, 1.54) is 4.68 Å². The van der Waals surface area contributed by atoms with Gasteiger partial charge in [-0.15, -0.1) is 0 Å². The minimum Gasteiger partial charge on any atom is -0.489 e. The highest BCUT2D eigenvalue weighted by molar-refractivity contribution is 9.10. The number of aryl methyl sites for hydroxylation is 2. The molecule has 2 heterocycles. The summed E-state index contributed by atoms with van der Waals surface area (Å²) in [5.74, 6) is 1.26. The summed E-state index contributed by atoms with van der Waals surface area (Å²) in [6.07, 6.45) is 1.70. The highest BCUT2D eigenvalue weighted by Gasteiger charge is 2.12. The lowest BCUT2D eigenvalue weighted by Crippen LogP contribution is -2.20. The van der Waals surface area contributed by atoms with Gasteiger partial charge in [0, 0.05) is 27.1 Å². The fraction of sp³-hybridized carbons (Fsp3) is 0.138. The minimum atomic E-state index is -0.213. The number of benzene rings is 3. The Bertz CT molecular complexity index is 1760. The molecule has 2 aromatic heterocycles. The Morgan fingerprint density at radius 1 is 0.974 bits per heavy atom. The predicted octanol–water partition coefficient (Wildman–Crippen LogP) is 7.64. The standard InChI is InChI=1S/C29H23BrCl2N4O2/c1-17-12-21(15-33-36-19(3)34-28-11-5-22(30)14-25(28)29(36)37)18(2)35(17)23-6-8-24(9-7-23)38-16-20-4-10-26(31)27(32)13-20/h4-15H,16H2,1-3H3. The van der Waals surface area contributed by atoms with E-state index in [0.717, 1.165) is 38.4 Å². The van der Waals surface area contributed by atoms with Gasteiger partial charge in [-0.25, -0.2) is 4.98 Å². The van der Waals surface area contributed by atoms with E-state index in [-0.39, 0.29) is 5.56 Å². The molecule has 0 aliphatic carbocycles. The first kappa shape index (κ1) is 26.2. The molecule has 9 heteroatoms. The van der Waals surface area contributed by atoms with Crippen molar-refractivity contribution in [2.24, 2.45) is 5.10 Å². The van der Waals surface area contributed by atoms with Gasteiger partial charge in [-0.3, -0.25) is 4.79 Å². The van der Waals surface area contributed by atoms with E-state index >= 15 is 0 Å². The van der Waals surface area contributed by atoms with Crippen LogP contribution in [0.15, 0.2) is 81.1 Å². The number of nitrogens with zero attached hydrogens (tertiary/aromatic N) is 4. The van der Waals surface area contributed by atoms with Gasteiger partial charge in [-0.1, -0.05) is 45.2 Å². The predicted molar refractivity (Wildman–Crippen MR) is 157 cm³/mol. The van der Waals surface area contributed by atoms with Crippen LogP contribution in [0, 0.1) is 20.8 Å². The van der Waals surface area contributed by atoms with Crippen LogP contribution in [0.3, 0.4) is 0 Å². The number of ether oxygens (including phenoxy) is 1. The first-order chi connectivity index (χ1) is 18.2. The molecule has 38 heavy (non-hydrogen) atoms. The summed E-state index contributed by atoms with van der Waals surface area (Å²) < 4.78 is 10.2. The molecular weight excluding hydrogens is 587 g/mol. The van der Waals surface area contributed by atoms with Gasteiger partial charge in [0.2, 0.25) is 0 Å². The third-order valence-corrected chi connectivity index (χ3v) is 7.47. The quantitative estimate of drug-likeness (QED) is 0.186. The lowest BCUT2D eigenvalue weighted by Gasteiger charge is -2.12. The molecule has 6 nitrogen and oxygen atoms in total. The summed E-state index contributed by atoms with van der Waals surface area (Å²) in [5.41, 5.74) is 5.30. The molecule has 192 valence electrons. The lowest BCUT2D eigenvalue weighted by molar-refractivity contribution is 0.306. The molecule has 0 N–H and O–H groups in total. The van der Waals surface area contributed by atoms with Crippen LogP contribution in [0.25, 0.3) is 16.6 Å². The average molecular weight is 610 g/mol. The number of hydrogen-bond donors (Lipinski definition) is 0. The monoisotopic (exact) mass is 608 g/mol. The van der Waals surface area contributed by atoms with Crippen LogP contribution in [-0.4, -0.2) is 20.4 Å². The second-order valence-corrected chi connectivity index (χ2v) is 10.6. The fourth-order valence-corrected chi connectivity index (χ4v) is 5.00. The van der Waals surface area contributed by atoms with Gasteiger partial charge < -0.3 is 9.30 Å². The normalized spacial score (nSPS) is 11.5. The lowest BCUT2D eigenvalue weighted by atomic mass is 10.2. The van der Waals surface area contributed by atoms with Crippen LogP contribution in [0.2, 0.25) is 10.0 Å². The number of fused-ring (bicyclic) bond motifs is 1. The highest BCUT2D eigenvalue weighted by Crippen LogP contribution is 2.25. The van der Waals surface area contributed by atoms with Crippen LogP contribution >= 0.6 is 39.1 Å². The molecule has 0 aliphatic rings. The Hall–Kier alpha value is -3.39. The first-order valence-corrected chi connectivity index (χ1v) is 13.4. The maximum atomic E-state index is 13.1. The van der Waals surface area contributed by atoms with Crippen molar-refractivity contribution in [1.29, 1.82) is 0 Å². The van der Waals surface area contributed by atoms with Crippen molar-refractivity contribution in [2.75, 3.05) is 0 Å². The van der Waals surface area contributed by atoms with Gasteiger partial charge in [0.05, 0.1) is 27.2 Å². The number of halogens is 3. The second-order valence-electron chi connectivity index (χ2n) is 8.87. The fourth-order valence-electron chi connectivity index (χ4n) is 4.32. The van der Waals surface area contributed by atoms with Crippen molar-refractivity contribution < 1.29 is 4.74 Å². The molecule has 0 fully saturated rings. The Morgan fingerprint density at radius 2 is 1.74 bits per heavy atom. The molecule has 0 saturated carbocycles. The van der Waals surface area contributed by atoms with Gasteiger partial charge in [0.15, 0.2) is 0 Å². The zero-order valence-corrected chi connectivity index (χ0v) is 24.0. The molecule has 0 spiro atoms. The van der Waals surface area contributed by atoms with E-state index in [9.17, 15) is 4.79 Å². The largest absolute Gasteiger partial charge is 0.489 e. The van der Waals surface area contributed by atoms with Crippen LogP contribution in [0.4, 0.5) is 0 Å². The van der Waals surface area contributed by atoms with E-state index in [4.69, 9.17) is 27.9 Å². The number of rotatable bonds is 6. The Labute approximate surface area is 238 Å². The molecule has 5 aromatic rings. The number of aromatic nitrogens is 3. The molecule has 0 atom stereocenters. The molecule has 0 amide bonds. The summed E-state index contributed by atoms with van der Waals surface area (Å²) >= 11 is 15.5. The molecule has 0 aliphatic heterocycles. The van der Waals surface area contributed by atoms with E-state index in [1.54, 1.807) is 31.3 Å². The molecule has 0 unspecified atom stereocenters. The highest BCUT2D eigenvalue weighted by atomic mass is 79.9. The molecule has 3 aromatic carbocycles. The summed E-state index contributed by atoms with van der Waals surface area (Å²) in [6.45, 7) is 6.21. The minimum absolute atomic E-state index is 0.213. The van der Waals surface area contributed by atoms with Gasteiger partial charge in [-0.05, 0) is 87.0 Å². The van der Waals surface area contributed by atoms with Crippen molar-refractivity contribution in [2.45, 2.75) is 27.4 Å². The molecule has 0 bridgehead atoms. The summed E-state index contributed by atoms with van der Waals surface area (Å²) in [7, 11) is 0. The van der Waals surface area contributed by atoms with Gasteiger partial charge in [-0.2, -0.15) is 9.78 Å². The Balaban J connectivity index is 1.38. The van der Waals surface area contributed by atoms with Gasteiger partial charge in [0.25, 0.3) is 5.56 Å². The maximum absolute atomic E-state index is 13.1. The van der Waals surface area contributed by atoms with Crippen molar-refractivity contribution >= 4 is 56.2 Å². The zero-order chi connectivity index (χ0) is 27.0. The molecule has 0 saturated heterocycles. The van der Waals surface area contributed by atoms with Crippen molar-refractivity contribution in [3.05, 3.63) is 120 Å². The second kappa shape index (κ2) is 10.8. The third kappa shape index (κ3) is 5.27. The van der Waals surface area contributed by atoms with Crippen LogP contribution < -0.4 is 10.3 Å². The summed E-state index contributed by atoms with van der Waals surface area (Å²) in [6, 6.07) is 20.8. The Kier molecular flexibility index (Phi) is 7.43. The van der Waals surface area contributed by atoms with Crippen molar-refractivity contribution in [1.82, 2.24) is 14.2 Å². The molecule has 5 rings (SSSR count). The van der Waals surface area contributed by atoms with E-state index in [1.807, 2.05) is 62.4 Å². The molecular formula is C29H23BrCl2N4O2. The SMILES string of the molecule is Cc1cc(C=Nn2c(C)nc3ccc(Br)cc3c2=O)c(C)n1-c1ccc(OCc2ccc(Cl)c(Cl)c2)cc1. The van der Waals surface area contributed by atoms with Crippen LogP contribution in [0.1, 0.15) is 28.3 Å². The molecule has 0 radical (unpaired) electrons.